The highest BCUT2D eigenvalue weighted by atomic mass is 19.1. The summed E-state index contributed by atoms with van der Waals surface area (Å²) < 4.78 is 36.0. The number of nitrogens with one attached hydrogen (secondary N) is 1. The van der Waals surface area contributed by atoms with Gasteiger partial charge in [-0.3, -0.25) is 14.4 Å². The second-order valence-electron chi connectivity index (χ2n) is 9.76. The first-order chi connectivity index (χ1) is 16.6. The molecule has 0 aliphatic carbocycles. The first-order valence-corrected chi connectivity index (χ1v) is 11.7. The lowest BCUT2D eigenvalue weighted by molar-refractivity contribution is -0.0199. The maximum Gasteiger partial charge on any atom is 0.274 e. The van der Waals surface area contributed by atoms with E-state index in [1.807, 2.05) is 6.92 Å². The van der Waals surface area contributed by atoms with Crippen LogP contribution in [0.3, 0.4) is 0 Å². The maximum atomic E-state index is 14.3. The predicted molar refractivity (Wildman–Crippen MR) is 121 cm³/mol. The standard InChI is InChI=1S/C25H27F2N3O5/c1-12-8-15(26)14(16(27)9-12)10-28-23(33)19-17-6-7-25-11-29(13(2)4-5-18(25)35-3)24(34)20(30(17)25)22(32)21(19)31/h8-9,13,18,32H,4-7,10-11H2,1-3H3,(H,28,33)/t13-,18-,25+/m0/s1. The van der Waals surface area contributed by atoms with Gasteiger partial charge in [-0.1, -0.05) is 0 Å². The number of carbonyl (C=O) groups is 2. The van der Waals surface area contributed by atoms with Gasteiger partial charge in [-0.05, 0) is 57.2 Å². The molecule has 35 heavy (non-hydrogen) atoms. The molecule has 2 aromatic rings. The van der Waals surface area contributed by atoms with Crippen LogP contribution >= 0.6 is 0 Å². The molecule has 2 bridgehead atoms. The Kier molecular flexibility index (Phi) is 5.47. The first-order valence-electron chi connectivity index (χ1n) is 11.7. The summed E-state index contributed by atoms with van der Waals surface area (Å²) in [4.78, 5) is 41.4. The zero-order chi connectivity index (χ0) is 25.2. The molecule has 3 aliphatic rings. The van der Waals surface area contributed by atoms with Gasteiger partial charge in [0.2, 0.25) is 5.43 Å². The van der Waals surface area contributed by atoms with Crippen LogP contribution in [0.2, 0.25) is 0 Å². The van der Waals surface area contributed by atoms with Crippen LogP contribution in [0.1, 0.15) is 63.9 Å². The summed E-state index contributed by atoms with van der Waals surface area (Å²) >= 11 is 0. The number of pyridine rings is 1. The van der Waals surface area contributed by atoms with Crippen molar-refractivity contribution in [2.45, 2.75) is 63.8 Å². The average Bonchev–Trinajstić information content (AvgIpc) is 3.11. The number of fused-ring (bicyclic) bond motifs is 1. The number of nitrogens with zero attached hydrogens (tertiary/aromatic N) is 2. The fourth-order valence-electron chi connectivity index (χ4n) is 6.04. The van der Waals surface area contributed by atoms with Crippen LogP contribution in [-0.4, -0.2) is 52.2 Å². The van der Waals surface area contributed by atoms with Gasteiger partial charge in [-0.2, -0.15) is 0 Å². The van der Waals surface area contributed by atoms with E-state index in [1.165, 1.54) is 0 Å². The molecule has 10 heteroatoms. The summed E-state index contributed by atoms with van der Waals surface area (Å²) in [7, 11) is 1.59. The van der Waals surface area contributed by atoms with Crippen LogP contribution in [0.25, 0.3) is 0 Å². The number of carbonyl (C=O) groups excluding carboxylic acids is 2. The molecule has 1 fully saturated rings. The highest BCUT2D eigenvalue weighted by molar-refractivity contribution is 6.00. The lowest BCUT2D eigenvalue weighted by Crippen LogP contribution is -2.58. The Hall–Kier alpha value is -3.27. The van der Waals surface area contributed by atoms with Crippen molar-refractivity contribution in [2.24, 2.45) is 0 Å². The van der Waals surface area contributed by atoms with Gasteiger partial charge in [0.05, 0.1) is 11.6 Å². The van der Waals surface area contributed by atoms with Gasteiger partial charge in [0, 0.05) is 37.5 Å². The third-order valence-electron chi connectivity index (χ3n) is 7.80. The number of benzene rings is 1. The summed E-state index contributed by atoms with van der Waals surface area (Å²) in [6, 6.07) is 2.21. The minimum absolute atomic E-state index is 0.103. The molecular formula is C25H27F2N3O5. The molecule has 8 nitrogen and oxygen atoms in total. The molecule has 186 valence electrons. The number of methoxy groups -OCH3 is 1. The summed E-state index contributed by atoms with van der Waals surface area (Å²) in [5.41, 5.74) is -1.75. The first kappa shape index (κ1) is 23.5. The topological polar surface area (TPSA) is 101 Å². The normalized spacial score (nSPS) is 24.8. The Labute approximate surface area is 200 Å². The van der Waals surface area contributed by atoms with E-state index in [4.69, 9.17) is 4.74 Å². The third-order valence-corrected chi connectivity index (χ3v) is 7.80. The third kappa shape index (κ3) is 3.30. The van der Waals surface area contributed by atoms with Crippen LogP contribution in [-0.2, 0) is 23.2 Å². The highest BCUT2D eigenvalue weighted by Gasteiger charge is 2.56. The van der Waals surface area contributed by atoms with Crippen molar-refractivity contribution in [1.82, 2.24) is 14.8 Å². The van der Waals surface area contributed by atoms with E-state index in [9.17, 15) is 28.3 Å². The summed E-state index contributed by atoms with van der Waals surface area (Å²) in [6.07, 6.45) is 1.90. The van der Waals surface area contributed by atoms with E-state index in [0.29, 0.717) is 43.5 Å². The van der Waals surface area contributed by atoms with Crippen LogP contribution in [0.4, 0.5) is 8.78 Å². The Balaban J connectivity index is 1.61. The van der Waals surface area contributed by atoms with E-state index in [-0.39, 0.29) is 29.0 Å². The molecule has 4 heterocycles. The molecule has 0 saturated carbocycles. The second-order valence-corrected chi connectivity index (χ2v) is 9.76. The minimum Gasteiger partial charge on any atom is -0.503 e. The van der Waals surface area contributed by atoms with Gasteiger partial charge in [0.15, 0.2) is 11.4 Å². The number of rotatable bonds is 4. The number of amides is 2. The number of halogens is 2. The average molecular weight is 488 g/mol. The van der Waals surface area contributed by atoms with Crippen molar-refractivity contribution in [1.29, 1.82) is 0 Å². The number of aryl methyl sites for hydroxylation is 1. The SMILES string of the molecule is CO[C@H]1CC[C@H](C)N2C[C@]13CCc1c(C(=O)NCc4c(F)cc(C)cc4F)c(=O)c(O)c(n13)C2=O. The van der Waals surface area contributed by atoms with Crippen molar-refractivity contribution in [3.63, 3.8) is 0 Å². The Morgan fingerprint density at radius 3 is 2.60 bits per heavy atom. The number of aromatic nitrogens is 1. The van der Waals surface area contributed by atoms with Crippen molar-refractivity contribution in [2.75, 3.05) is 13.7 Å². The molecule has 3 aliphatic heterocycles. The van der Waals surface area contributed by atoms with E-state index >= 15 is 0 Å². The van der Waals surface area contributed by atoms with Gasteiger partial charge < -0.3 is 24.6 Å². The number of aromatic hydroxyl groups is 1. The predicted octanol–water partition coefficient (Wildman–Crippen LogP) is 2.37. The number of ether oxygens (including phenoxy) is 1. The fourth-order valence-corrected chi connectivity index (χ4v) is 6.04. The van der Waals surface area contributed by atoms with Gasteiger partial charge in [-0.15, -0.1) is 0 Å². The lowest BCUT2D eigenvalue weighted by atomic mass is 9.86. The fraction of sp³-hybridized carbons (Fsp3) is 0.480. The monoisotopic (exact) mass is 487 g/mol. The van der Waals surface area contributed by atoms with E-state index in [2.05, 4.69) is 5.32 Å². The highest BCUT2D eigenvalue weighted by Crippen LogP contribution is 2.47. The van der Waals surface area contributed by atoms with Crippen LogP contribution < -0.4 is 10.7 Å². The number of hydrogen-bond donors (Lipinski definition) is 2. The van der Waals surface area contributed by atoms with Gasteiger partial charge in [0.1, 0.15) is 17.2 Å². The van der Waals surface area contributed by atoms with Crippen LogP contribution in [0, 0.1) is 18.6 Å². The molecule has 2 N–H and O–H groups in total. The quantitative estimate of drug-likeness (QED) is 0.690. The Morgan fingerprint density at radius 2 is 1.94 bits per heavy atom. The second kappa shape index (κ2) is 8.15. The van der Waals surface area contributed by atoms with Crippen LogP contribution in [0.5, 0.6) is 5.75 Å². The van der Waals surface area contributed by atoms with Crippen molar-refractivity contribution < 1.29 is 28.2 Å². The Morgan fingerprint density at radius 1 is 1.26 bits per heavy atom. The van der Waals surface area contributed by atoms with Gasteiger partial charge >= 0.3 is 0 Å². The van der Waals surface area contributed by atoms with E-state index in [1.54, 1.807) is 23.5 Å². The van der Waals surface area contributed by atoms with Crippen LogP contribution in [0.15, 0.2) is 16.9 Å². The zero-order valence-electron chi connectivity index (χ0n) is 19.8. The van der Waals surface area contributed by atoms with Gasteiger partial charge in [-0.25, -0.2) is 8.78 Å². The number of hydrogen-bond acceptors (Lipinski definition) is 5. The van der Waals surface area contributed by atoms with Crippen molar-refractivity contribution >= 4 is 11.8 Å². The molecule has 0 radical (unpaired) electrons. The van der Waals surface area contributed by atoms with Gasteiger partial charge in [0.25, 0.3) is 11.8 Å². The Bertz CT molecular complexity index is 1300. The lowest BCUT2D eigenvalue weighted by Gasteiger charge is -2.46. The molecule has 5 rings (SSSR count). The minimum atomic E-state index is -0.972. The summed E-state index contributed by atoms with van der Waals surface area (Å²) in [5.74, 6) is -3.73. The summed E-state index contributed by atoms with van der Waals surface area (Å²) in [6.45, 7) is 3.34. The molecule has 0 unspecified atom stereocenters. The molecule has 1 spiro atoms. The van der Waals surface area contributed by atoms with Crippen molar-refractivity contribution in [3.05, 3.63) is 62.1 Å². The van der Waals surface area contributed by atoms with E-state index < -0.39 is 46.7 Å². The van der Waals surface area contributed by atoms with Crippen molar-refractivity contribution in [3.8, 4) is 5.75 Å². The largest absolute Gasteiger partial charge is 0.503 e. The summed E-state index contributed by atoms with van der Waals surface area (Å²) in [5, 5.41) is 13.3. The molecule has 1 saturated heterocycles. The zero-order valence-corrected chi connectivity index (χ0v) is 19.8. The van der Waals surface area contributed by atoms with E-state index in [0.717, 1.165) is 12.1 Å². The maximum absolute atomic E-state index is 14.3. The molecule has 1 aromatic heterocycles. The molecular weight excluding hydrogens is 460 g/mol. The molecule has 1 aromatic carbocycles. The smallest absolute Gasteiger partial charge is 0.274 e. The molecule has 2 amide bonds. The molecule has 3 atom stereocenters.